The number of aromatic nitrogens is 2. The van der Waals surface area contributed by atoms with Gasteiger partial charge in [-0.05, 0) is 44.6 Å². The molecule has 0 unspecified atom stereocenters. The highest BCUT2D eigenvalue weighted by molar-refractivity contribution is 7.98. The second kappa shape index (κ2) is 7.36. The molecule has 1 aromatic carbocycles. The summed E-state index contributed by atoms with van der Waals surface area (Å²) >= 11 is 1.73. The van der Waals surface area contributed by atoms with Gasteiger partial charge in [0, 0.05) is 23.1 Å². The van der Waals surface area contributed by atoms with Crippen LogP contribution >= 0.6 is 11.8 Å². The molecule has 1 heterocycles. The smallest absolute Gasteiger partial charge is 0.293 e. The van der Waals surface area contributed by atoms with E-state index in [9.17, 15) is 4.79 Å². The monoisotopic (exact) mass is 354 g/mol. The predicted octanol–water partition coefficient (Wildman–Crippen LogP) is 4.84. The van der Waals surface area contributed by atoms with E-state index in [0.717, 1.165) is 42.9 Å². The van der Waals surface area contributed by atoms with Gasteiger partial charge in [-0.3, -0.25) is 4.57 Å². The summed E-state index contributed by atoms with van der Waals surface area (Å²) in [5.41, 5.74) is 5.21. The fraction of sp³-hybridized carbons (Fsp3) is 0.524. The molecule has 2 aliphatic carbocycles. The van der Waals surface area contributed by atoms with Gasteiger partial charge in [0.2, 0.25) is 0 Å². The van der Waals surface area contributed by atoms with Crippen molar-refractivity contribution < 1.29 is 0 Å². The van der Waals surface area contributed by atoms with Crippen LogP contribution in [0.1, 0.15) is 67.0 Å². The van der Waals surface area contributed by atoms with Gasteiger partial charge in [0.15, 0.2) is 0 Å². The van der Waals surface area contributed by atoms with E-state index in [0.29, 0.717) is 6.04 Å². The first-order chi connectivity index (χ1) is 12.2. The maximum Gasteiger partial charge on any atom is 0.349 e. The Bertz CT molecular complexity index is 821. The Balaban J connectivity index is 1.62. The summed E-state index contributed by atoms with van der Waals surface area (Å²) in [5, 5.41) is 0.978. The van der Waals surface area contributed by atoms with Crippen LogP contribution in [0.15, 0.2) is 34.1 Å². The molecule has 0 atom stereocenters. The second-order valence-corrected chi connectivity index (χ2v) is 8.38. The van der Waals surface area contributed by atoms with E-state index in [2.05, 4.69) is 40.7 Å². The lowest BCUT2D eigenvalue weighted by Gasteiger charge is -2.26. The van der Waals surface area contributed by atoms with E-state index < -0.39 is 0 Å². The Kier molecular flexibility index (Phi) is 4.98. The molecule has 3 nitrogen and oxygen atoms in total. The van der Waals surface area contributed by atoms with Crippen LogP contribution in [-0.4, -0.2) is 9.55 Å². The molecular formula is C21H26N2OS. The summed E-state index contributed by atoms with van der Waals surface area (Å²) in [4.78, 5) is 17.3. The molecule has 1 aromatic heterocycles. The molecule has 25 heavy (non-hydrogen) atoms. The number of hydrogen-bond donors (Lipinski definition) is 0. The van der Waals surface area contributed by atoms with E-state index in [1.807, 2.05) is 0 Å². The average Bonchev–Trinajstić information content (AvgIpc) is 3.10. The molecule has 0 radical (unpaired) electrons. The first-order valence-corrected chi connectivity index (χ1v) is 10.5. The molecule has 0 saturated heterocycles. The molecule has 2 aliphatic rings. The van der Waals surface area contributed by atoms with Crippen LogP contribution in [0.4, 0.5) is 0 Å². The molecule has 1 saturated carbocycles. The van der Waals surface area contributed by atoms with Gasteiger partial charge in [0.1, 0.15) is 5.03 Å². The Morgan fingerprint density at radius 1 is 1.16 bits per heavy atom. The number of nitrogens with zero attached hydrogens (tertiary/aromatic N) is 2. The largest absolute Gasteiger partial charge is 0.349 e. The van der Waals surface area contributed by atoms with Crippen LogP contribution in [0.2, 0.25) is 0 Å². The number of rotatable bonds is 4. The zero-order chi connectivity index (χ0) is 17.2. The summed E-state index contributed by atoms with van der Waals surface area (Å²) in [5.74, 6) is 0.883. The maximum atomic E-state index is 12.8. The van der Waals surface area contributed by atoms with Crippen molar-refractivity contribution in [1.29, 1.82) is 0 Å². The van der Waals surface area contributed by atoms with Gasteiger partial charge in [-0.2, -0.15) is 4.98 Å². The standard InChI is InChI=1S/C21H26N2OS/c1-15-7-5-8-16(13-15)14-25-20-18-11-6-12-19(18)23(21(24)22-20)17-9-3-2-4-10-17/h5,7-8,13,17H,2-4,6,9-12,14H2,1H3. The lowest BCUT2D eigenvalue weighted by Crippen LogP contribution is -2.31. The van der Waals surface area contributed by atoms with E-state index >= 15 is 0 Å². The van der Waals surface area contributed by atoms with Crippen molar-refractivity contribution in [2.75, 3.05) is 0 Å². The SMILES string of the molecule is Cc1cccc(CSc2nc(=O)n(C3CCCCC3)c3c2CCC3)c1. The molecule has 2 aromatic rings. The Labute approximate surface area is 153 Å². The maximum absolute atomic E-state index is 12.8. The second-order valence-electron chi connectivity index (χ2n) is 7.42. The van der Waals surface area contributed by atoms with Gasteiger partial charge in [-0.25, -0.2) is 4.79 Å². The van der Waals surface area contributed by atoms with Crippen molar-refractivity contribution >= 4 is 11.8 Å². The van der Waals surface area contributed by atoms with E-state index in [4.69, 9.17) is 0 Å². The average molecular weight is 355 g/mol. The fourth-order valence-electron chi connectivity index (χ4n) is 4.34. The normalized spacial score (nSPS) is 17.6. The van der Waals surface area contributed by atoms with Gasteiger partial charge in [0.25, 0.3) is 0 Å². The minimum absolute atomic E-state index is 0.0145. The van der Waals surface area contributed by atoms with Crippen LogP contribution in [0.25, 0.3) is 0 Å². The van der Waals surface area contributed by atoms with Gasteiger partial charge in [0.05, 0.1) is 0 Å². The highest BCUT2D eigenvalue weighted by Crippen LogP contribution is 2.35. The predicted molar refractivity (Wildman–Crippen MR) is 103 cm³/mol. The molecular weight excluding hydrogens is 328 g/mol. The molecule has 4 rings (SSSR count). The van der Waals surface area contributed by atoms with Crippen LogP contribution in [0.5, 0.6) is 0 Å². The summed E-state index contributed by atoms with van der Waals surface area (Å²) < 4.78 is 2.07. The van der Waals surface area contributed by atoms with E-state index in [1.54, 1.807) is 11.8 Å². The first-order valence-electron chi connectivity index (χ1n) is 9.55. The lowest BCUT2D eigenvalue weighted by atomic mass is 9.95. The van der Waals surface area contributed by atoms with Crippen LogP contribution in [-0.2, 0) is 18.6 Å². The molecule has 1 fully saturated rings. The lowest BCUT2D eigenvalue weighted by molar-refractivity contribution is 0.334. The van der Waals surface area contributed by atoms with E-state index in [-0.39, 0.29) is 5.69 Å². The van der Waals surface area contributed by atoms with Crippen molar-refractivity contribution in [1.82, 2.24) is 9.55 Å². The highest BCUT2D eigenvalue weighted by atomic mass is 32.2. The number of hydrogen-bond acceptors (Lipinski definition) is 3. The fourth-order valence-corrected chi connectivity index (χ4v) is 5.36. The molecule has 0 amide bonds. The number of thioether (sulfide) groups is 1. The third-order valence-electron chi connectivity index (χ3n) is 5.54. The molecule has 0 spiro atoms. The van der Waals surface area contributed by atoms with Crippen molar-refractivity contribution in [2.24, 2.45) is 0 Å². The molecule has 4 heteroatoms. The van der Waals surface area contributed by atoms with E-state index in [1.165, 1.54) is 41.6 Å². The molecule has 0 bridgehead atoms. The van der Waals surface area contributed by atoms with Crippen LogP contribution in [0, 0.1) is 6.92 Å². The quantitative estimate of drug-likeness (QED) is 0.582. The molecule has 0 aliphatic heterocycles. The zero-order valence-corrected chi connectivity index (χ0v) is 15.8. The number of fused-ring (bicyclic) bond motifs is 1. The Morgan fingerprint density at radius 3 is 2.80 bits per heavy atom. The van der Waals surface area contributed by atoms with Gasteiger partial charge >= 0.3 is 5.69 Å². The summed E-state index contributed by atoms with van der Waals surface area (Å²) in [6.45, 7) is 2.12. The van der Waals surface area contributed by atoms with Crippen LogP contribution < -0.4 is 5.69 Å². The third-order valence-corrected chi connectivity index (χ3v) is 6.63. The molecule has 0 N–H and O–H groups in total. The number of benzene rings is 1. The van der Waals surface area contributed by atoms with Crippen molar-refractivity contribution in [3.05, 3.63) is 57.1 Å². The Hall–Kier alpha value is -1.55. The summed E-state index contributed by atoms with van der Waals surface area (Å²) in [6.07, 6.45) is 9.36. The first kappa shape index (κ1) is 16.9. The van der Waals surface area contributed by atoms with Crippen molar-refractivity contribution in [3.63, 3.8) is 0 Å². The Morgan fingerprint density at radius 2 is 2.00 bits per heavy atom. The zero-order valence-electron chi connectivity index (χ0n) is 15.0. The molecule has 132 valence electrons. The highest BCUT2D eigenvalue weighted by Gasteiger charge is 2.26. The minimum atomic E-state index is -0.0145. The van der Waals surface area contributed by atoms with Gasteiger partial charge < -0.3 is 0 Å². The van der Waals surface area contributed by atoms with Crippen molar-refractivity contribution in [2.45, 2.75) is 75.1 Å². The topological polar surface area (TPSA) is 34.9 Å². The third kappa shape index (κ3) is 3.55. The number of aryl methyl sites for hydroxylation is 1. The van der Waals surface area contributed by atoms with Crippen LogP contribution in [0.3, 0.4) is 0 Å². The summed E-state index contributed by atoms with van der Waals surface area (Å²) in [7, 11) is 0. The summed E-state index contributed by atoms with van der Waals surface area (Å²) in [6, 6.07) is 8.98. The van der Waals surface area contributed by atoms with Gasteiger partial charge in [-0.15, -0.1) is 11.8 Å². The minimum Gasteiger partial charge on any atom is -0.293 e. The van der Waals surface area contributed by atoms with Crippen molar-refractivity contribution in [3.8, 4) is 0 Å². The van der Waals surface area contributed by atoms with Gasteiger partial charge in [-0.1, -0.05) is 49.1 Å².